The van der Waals surface area contributed by atoms with E-state index in [1.807, 2.05) is 0 Å². The largest absolute Gasteiger partial charge is 0.383 e. The summed E-state index contributed by atoms with van der Waals surface area (Å²) in [6.45, 7) is 7.66. The average molecular weight is 312 g/mol. The van der Waals surface area contributed by atoms with Crippen LogP contribution in [0.3, 0.4) is 0 Å². The molecule has 1 N–H and O–H groups in total. The zero-order valence-corrected chi connectivity index (χ0v) is 14.0. The quantitative estimate of drug-likeness (QED) is 0.760. The maximum Gasteiger partial charge on any atom is 0.129 e. The highest BCUT2D eigenvalue weighted by Crippen LogP contribution is 2.36. The number of halogens is 1. The van der Waals surface area contributed by atoms with Gasteiger partial charge in [-0.15, -0.1) is 0 Å². The van der Waals surface area contributed by atoms with Crippen LogP contribution in [-0.2, 0) is 11.3 Å². The van der Waals surface area contributed by atoms with Crippen molar-refractivity contribution >= 4 is 17.4 Å². The summed E-state index contributed by atoms with van der Waals surface area (Å²) in [6.07, 6.45) is 4.41. The fourth-order valence-corrected chi connectivity index (χ4v) is 2.74. The van der Waals surface area contributed by atoms with Gasteiger partial charge < -0.3 is 15.0 Å². The Balaban J connectivity index is 2.17. The van der Waals surface area contributed by atoms with Crippen molar-refractivity contribution in [3.8, 4) is 0 Å². The van der Waals surface area contributed by atoms with Crippen LogP contribution in [0.25, 0.3) is 0 Å². The van der Waals surface area contributed by atoms with Crippen molar-refractivity contribution in [2.75, 3.05) is 31.7 Å². The average Bonchev–Trinajstić information content (AvgIpc) is 3.32. The SMILES string of the molecule is CCNCc1cc(N(CCOC)C(C)C2CC2)ncc1Cl. The van der Waals surface area contributed by atoms with Gasteiger partial charge in [0.1, 0.15) is 5.82 Å². The fourth-order valence-electron chi connectivity index (χ4n) is 2.57. The van der Waals surface area contributed by atoms with Gasteiger partial charge in [-0.05, 0) is 43.9 Å². The lowest BCUT2D eigenvalue weighted by atomic mass is 10.1. The third kappa shape index (κ3) is 4.56. The summed E-state index contributed by atoms with van der Waals surface area (Å²) in [5.74, 6) is 1.79. The van der Waals surface area contributed by atoms with E-state index < -0.39 is 0 Å². The van der Waals surface area contributed by atoms with E-state index in [2.05, 4.69) is 35.1 Å². The first-order valence-electron chi connectivity index (χ1n) is 7.78. The molecule has 1 saturated carbocycles. The highest BCUT2D eigenvalue weighted by Gasteiger charge is 2.32. The molecule has 1 aliphatic rings. The molecule has 0 spiro atoms. The number of hydrogen-bond acceptors (Lipinski definition) is 4. The minimum Gasteiger partial charge on any atom is -0.383 e. The Kier molecular flexibility index (Phi) is 6.27. The third-order valence-corrected chi connectivity index (χ3v) is 4.45. The summed E-state index contributed by atoms with van der Waals surface area (Å²) in [4.78, 5) is 6.90. The van der Waals surface area contributed by atoms with Crippen LogP contribution in [0.4, 0.5) is 5.82 Å². The first-order chi connectivity index (χ1) is 10.2. The lowest BCUT2D eigenvalue weighted by Crippen LogP contribution is -2.38. The molecule has 1 atom stereocenters. The second kappa shape index (κ2) is 7.97. The molecule has 0 radical (unpaired) electrons. The van der Waals surface area contributed by atoms with Gasteiger partial charge in [-0.3, -0.25) is 0 Å². The maximum atomic E-state index is 6.25. The topological polar surface area (TPSA) is 37.4 Å². The minimum atomic E-state index is 0.501. The number of anilines is 1. The Morgan fingerprint density at radius 1 is 1.52 bits per heavy atom. The van der Waals surface area contributed by atoms with Crippen molar-refractivity contribution in [3.63, 3.8) is 0 Å². The number of rotatable bonds is 9. The van der Waals surface area contributed by atoms with E-state index >= 15 is 0 Å². The Morgan fingerprint density at radius 3 is 2.90 bits per heavy atom. The van der Waals surface area contributed by atoms with E-state index in [1.54, 1.807) is 13.3 Å². The summed E-state index contributed by atoms with van der Waals surface area (Å²) >= 11 is 6.25. The number of hydrogen-bond donors (Lipinski definition) is 1. The number of aromatic nitrogens is 1. The van der Waals surface area contributed by atoms with Gasteiger partial charge in [0, 0.05) is 32.4 Å². The first kappa shape index (κ1) is 16.5. The molecule has 0 bridgehead atoms. The van der Waals surface area contributed by atoms with Crippen LogP contribution in [0.2, 0.25) is 5.02 Å². The fraction of sp³-hybridized carbons (Fsp3) is 0.688. The van der Waals surface area contributed by atoms with Crippen molar-refractivity contribution < 1.29 is 4.74 Å². The summed E-state index contributed by atoms with van der Waals surface area (Å²) in [7, 11) is 1.74. The summed E-state index contributed by atoms with van der Waals surface area (Å²) in [6, 6.07) is 2.61. The van der Waals surface area contributed by atoms with Crippen LogP contribution in [0.15, 0.2) is 12.3 Å². The maximum absolute atomic E-state index is 6.25. The molecule has 0 saturated heterocycles. The second-order valence-electron chi connectivity index (χ2n) is 5.68. The van der Waals surface area contributed by atoms with Crippen molar-refractivity contribution in [2.24, 2.45) is 5.92 Å². The molecule has 1 aromatic rings. The normalized spacial score (nSPS) is 16.0. The molecule has 1 unspecified atom stereocenters. The molecular formula is C16H26ClN3O. The van der Waals surface area contributed by atoms with Crippen LogP contribution in [-0.4, -0.2) is 37.8 Å². The van der Waals surface area contributed by atoms with E-state index in [4.69, 9.17) is 16.3 Å². The molecule has 118 valence electrons. The smallest absolute Gasteiger partial charge is 0.129 e. The summed E-state index contributed by atoms with van der Waals surface area (Å²) < 4.78 is 5.26. The lowest BCUT2D eigenvalue weighted by molar-refractivity contribution is 0.202. The molecule has 2 rings (SSSR count). The van der Waals surface area contributed by atoms with Gasteiger partial charge in [-0.1, -0.05) is 18.5 Å². The molecule has 5 heteroatoms. The predicted molar refractivity (Wildman–Crippen MR) is 88.0 cm³/mol. The monoisotopic (exact) mass is 311 g/mol. The zero-order valence-electron chi connectivity index (χ0n) is 13.2. The molecule has 0 amide bonds. The highest BCUT2D eigenvalue weighted by molar-refractivity contribution is 6.31. The van der Waals surface area contributed by atoms with Crippen LogP contribution >= 0.6 is 11.6 Å². The number of nitrogens with zero attached hydrogens (tertiary/aromatic N) is 2. The zero-order chi connectivity index (χ0) is 15.2. The third-order valence-electron chi connectivity index (χ3n) is 4.11. The van der Waals surface area contributed by atoms with E-state index in [9.17, 15) is 0 Å². The summed E-state index contributed by atoms with van der Waals surface area (Å²) in [5, 5.41) is 4.05. The van der Waals surface area contributed by atoms with E-state index in [1.165, 1.54) is 12.8 Å². The molecule has 1 aliphatic carbocycles. The lowest BCUT2D eigenvalue weighted by Gasteiger charge is -2.30. The molecule has 0 aliphatic heterocycles. The van der Waals surface area contributed by atoms with Crippen LogP contribution in [0.5, 0.6) is 0 Å². The number of methoxy groups -OCH3 is 1. The van der Waals surface area contributed by atoms with Gasteiger partial charge in [-0.25, -0.2) is 4.98 Å². The first-order valence-corrected chi connectivity index (χ1v) is 8.15. The molecule has 1 aromatic heterocycles. The van der Waals surface area contributed by atoms with Gasteiger partial charge >= 0.3 is 0 Å². The van der Waals surface area contributed by atoms with E-state index in [0.717, 1.165) is 42.0 Å². The second-order valence-corrected chi connectivity index (χ2v) is 6.09. The van der Waals surface area contributed by atoms with Gasteiger partial charge in [0.2, 0.25) is 0 Å². The van der Waals surface area contributed by atoms with Crippen molar-refractivity contribution in [3.05, 3.63) is 22.8 Å². The van der Waals surface area contributed by atoms with Gasteiger partial charge in [0.25, 0.3) is 0 Å². The van der Waals surface area contributed by atoms with Gasteiger partial charge in [-0.2, -0.15) is 0 Å². The van der Waals surface area contributed by atoms with E-state index in [0.29, 0.717) is 12.6 Å². The molecular weight excluding hydrogens is 286 g/mol. The van der Waals surface area contributed by atoms with Crippen molar-refractivity contribution in [1.82, 2.24) is 10.3 Å². The van der Waals surface area contributed by atoms with E-state index in [-0.39, 0.29) is 0 Å². The number of nitrogens with one attached hydrogen (secondary N) is 1. The Hall–Kier alpha value is -0.840. The standard InChI is InChI=1S/C16H26ClN3O/c1-4-18-10-14-9-16(19-11-15(14)17)20(7-8-21-3)12(2)13-5-6-13/h9,11-13,18H,4-8,10H2,1-3H3. The Bertz CT molecular complexity index is 451. The highest BCUT2D eigenvalue weighted by atomic mass is 35.5. The molecule has 1 fully saturated rings. The molecule has 21 heavy (non-hydrogen) atoms. The Labute approximate surface area is 132 Å². The molecule has 4 nitrogen and oxygen atoms in total. The van der Waals surface area contributed by atoms with Gasteiger partial charge in [0.15, 0.2) is 0 Å². The van der Waals surface area contributed by atoms with Crippen LogP contribution in [0, 0.1) is 5.92 Å². The van der Waals surface area contributed by atoms with Crippen molar-refractivity contribution in [1.29, 1.82) is 0 Å². The summed E-state index contributed by atoms with van der Waals surface area (Å²) in [5.41, 5.74) is 1.11. The molecule has 0 aromatic carbocycles. The minimum absolute atomic E-state index is 0.501. The number of ether oxygens (including phenoxy) is 1. The predicted octanol–water partition coefficient (Wildman–Crippen LogP) is 3.10. The van der Waals surface area contributed by atoms with Crippen LogP contribution in [0.1, 0.15) is 32.3 Å². The molecule has 1 heterocycles. The van der Waals surface area contributed by atoms with Gasteiger partial charge in [0.05, 0.1) is 11.6 Å². The number of pyridine rings is 1. The Morgan fingerprint density at radius 2 is 2.29 bits per heavy atom. The van der Waals surface area contributed by atoms with Crippen LogP contribution < -0.4 is 10.2 Å². The van der Waals surface area contributed by atoms with Crippen molar-refractivity contribution in [2.45, 2.75) is 39.3 Å².